The molecular formula is C25H29N3O4. The van der Waals surface area contributed by atoms with E-state index in [-0.39, 0.29) is 18.1 Å². The summed E-state index contributed by atoms with van der Waals surface area (Å²) in [4.78, 5) is 15.9. The lowest BCUT2D eigenvalue weighted by Gasteiger charge is -2.57. The Bertz CT molecular complexity index is 1030. The van der Waals surface area contributed by atoms with E-state index in [4.69, 9.17) is 13.9 Å². The van der Waals surface area contributed by atoms with Gasteiger partial charge in [-0.25, -0.2) is 0 Å². The van der Waals surface area contributed by atoms with E-state index in [1.54, 1.807) is 0 Å². The smallest absolute Gasteiger partial charge is 0.247 e. The van der Waals surface area contributed by atoms with Crippen LogP contribution in [0.3, 0.4) is 0 Å². The molecule has 0 N–H and O–H groups in total. The number of carbonyl (C=O) groups excluding carboxylic acids is 1. The Labute approximate surface area is 187 Å². The van der Waals surface area contributed by atoms with Crippen LogP contribution in [0.25, 0.3) is 11.5 Å². The van der Waals surface area contributed by atoms with Gasteiger partial charge in [-0.1, -0.05) is 0 Å². The summed E-state index contributed by atoms with van der Waals surface area (Å²) in [6.07, 6.45) is 9.41. The zero-order chi connectivity index (χ0) is 21.3. The van der Waals surface area contributed by atoms with Crippen LogP contribution < -0.4 is 9.47 Å². The van der Waals surface area contributed by atoms with Crippen LogP contribution in [0.15, 0.2) is 22.6 Å². The number of aromatic nitrogens is 2. The average molecular weight is 436 g/mol. The summed E-state index contributed by atoms with van der Waals surface area (Å²) in [5.74, 6) is 5.44. The summed E-state index contributed by atoms with van der Waals surface area (Å²) in [6, 6.07) is 5.66. The number of amides is 1. The molecule has 5 fully saturated rings. The van der Waals surface area contributed by atoms with Crippen LogP contribution in [0.2, 0.25) is 0 Å². The average Bonchev–Trinajstić information content (AvgIpc) is 3.47. The lowest BCUT2D eigenvalue weighted by molar-refractivity contribution is -0.159. The maximum absolute atomic E-state index is 13.8. The molecule has 2 aliphatic heterocycles. The first-order chi connectivity index (χ1) is 15.6. The second kappa shape index (κ2) is 6.96. The van der Waals surface area contributed by atoms with Gasteiger partial charge >= 0.3 is 0 Å². The topological polar surface area (TPSA) is 77.7 Å². The lowest BCUT2D eigenvalue weighted by Crippen LogP contribution is -2.55. The first kappa shape index (κ1) is 18.9. The minimum atomic E-state index is -0.0802. The summed E-state index contributed by atoms with van der Waals surface area (Å²) in [7, 11) is 0. The third-order valence-electron chi connectivity index (χ3n) is 8.61. The van der Waals surface area contributed by atoms with Crippen LogP contribution in [0.5, 0.6) is 11.5 Å². The Kier molecular flexibility index (Phi) is 4.12. The summed E-state index contributed by atoms with van der Waals surface area (Å²) in [5.41, 5.74) is 0.744. The maximum Gasteiger partial charge on any atom is 0.247 e. The molecule has 1 atom stereocenters. The van der Waals surface area contributed by atoms with E-state index in [1.165, 1.54) is 19.3 Å². The highest BCUT2D eigenvalue weighted by Gasteiger charge is 2.55. The molecule has 4 saturated carbocycles. The number of ether oxygens (including phenoxy) is 2. The molecule has 1 aromatic heterocycles. The zero-order valence-electron chi connectivity index (χ0n) is 18.3. The molecule has 0 spiro atoms. The molecule has 2 aromatic rings. The van der Waals surface area contributed by atoms with Crippen molar-refractivity contribution in [1.82, 2.24) is 15.1 Å². The first-order valence-corrected chi connectivity index (χ1v) is 12.2. The predicted octanol–water partition coefficient (Wildman–Crippen LogP) is 4.39. The van der Waals surface area contributed by atoms with Crippen molar-refractivity contribution >= 4 is 5.91 Å². The van der Waals surface area contributed by atoms with Gasteiger partial charge in [0.2, 0.25) is 24.5 Å². The third-order valence-corrected chi connectivity index (χ3v) is 8.61. The highest BCUT2D eigenvalue weighted by atomic mass is 16.7. The van der Waals surface area contributed by atoms with Crippen LogP contribution >= 0.6 is 0 Å². The summed E-state index contributed by atoms with van der Waals surface area (Å²) in [6.45, 7) is 1.80. The fourth-order valence-corrected chi connectivity index (χ4v) is 7.62. The number of likely N-dealkylation sites (tertiary alicyclic amines) is 1. The number of hydrogen-bond acceptors (Lipinski definition) is 6. The standard InChI is InChI=1S/C25H29N3O4/c29-24(25-10-15-6-16(11-25)8-17(7-15)12-25)28-5-1-2-19(13-28)23-27-26-22(32-23)18-3-4-20-21(9-18)31-14-30-20/h3-4,9,15-17,19H,1-2,5-8,10-14H2. The molecule has 168 valence electrons. The zero-order valence-corrected chi connectivity index (χ0v) is 18.3. The number of hydrogen-bond donors (Lipinski definition) is 0. The van der Waals surface area contributed by atoms with Crippen LogP contribution in [0, 0.1) is 23.2 Å². The maximum atomic E-state index is 13.8. The molecule has 6 aliphatic rings. The van der Waals surface area contributed by atoms with Crippen LogP contribution in [-0.2, 0) is 4.79 Å². The van der Waals surface area contributed by atoms with E-state index in [0.29, 0.717) is 30.0 Å². The van der Waals surface area contributed by atoms with Gasteiger partial charge in [0.1, 0.15) is 0 Å². The normalized spacial score (nSPS) is 34.8. The summed E-state index contributed by atoms with van der Waals surface area (Å²) in [5, 5.41) is 8.66. The van der Waals surface area contributed by atoms with Gasteiger partial charge in [-0.05, 0) is 87.3 Å². The van der Waals surface area contributed by atoms with Crippen molar-refractivity contribution in [2.24, 2.45) is 23.2 Å². The van der Waals surface area contributed by atoms with E-state index in [9.17, 15) is 4.79 Å². The largest absolute Gasteiger partial charge is 0.454 e. The highest BCUT2D eigenvalue weighted by molar-refractivity contribution is 5.83. The van der Waals surface area contributed by atoms with Gasteiger partial charge in [-0.2, -0.15) is 0 Å². The van der Waals surface area contributed by atoms with Crippen molar-refractivity contribution in [3.63, 3.8) is 0 Å². The van der Waals surface area contributed by atoms with E-state index >= 15 is 0 Å². The molecule has 1 aromatic carbocycles. The lowest BCUT2D eigenvalue weighted by atomic mass is 9.49. The van der Waals surface area contributed by atoms with E-state index in [2.05, 4.69) is 15.1 Å². The minimum Gasteiger partial charge on any atom is -0.454 e. The minimum absolute atomic E-state index is 0.0802. The molecule has 3 heterocycles. The monoisotopic (exact) mass is 435 g/mol. The quantitative estimate of drug-likeness (QED) is 0.712. The predicted molar refractivity (Wildman–Crippen MR) is 115 cm³/mol. The Hall–Kier alpha value is -2.57. The van der Waals surface area contributed by atoms with Crippen LogP contribution in [0.4, 0.5) is 0 Å². The van der Waals surface area contributed by atoms with E-state index < -0.39 is 0 Å². The molecule has 4 bridgehead atoms. The third kappa shape index (κ3) is 2.96. The van der Waals surface area contributed by atoms with Crippen molar-refractivity contribution in [2.75, 3.05) is 19.9 Å². The number of benzene rings is 1. The van der Waals surface area contributed by atoms with Gasteiger partial charge in [-0.3, -0.25) is 4.79 Å². The fourth-order valence-electron chi connectivity index (χ4n) is 7.62. The van der Waals surface area contributed by atoms with Gasteiger partial charge in [0.15, 0.2) is 11.5 Å². The van der Waals surface area contributed by atoms with Crippen molar-refractivity contribution < 1.29 is 18.7 Å². The Morgan fingerprint density at radius 3 is 2.53 bits per heavy atom. The van der Waals surface area contributed by atoms with E-state index in [1.807, 2.05) is 18.2 Å². The highest BCUT2D eigenvalue weighted by Crippen LogP contribution is 2.60. The Morgan fingerprint density at radius 1 is 1.00 bits per heavy atom. The molecule has 0 radical (unpaired) electrons. The number of carbonyl (C=O) groups is 1. The fraction of sp³-hybridized carbons (Fsp3) is 0.640. The van der Waals surface area contributed by atoms with Gasteiger partial charge in [0, 0.05) is 18.7 Å². The SMILES string of the molecule is O=C(N1CCCC(c2nnc(-c3ccc4c(c3)OCO4)o2)C1)C12CC3CC(CC(C3)C1)C2. The van der Waals surface area contributed by atoms with Gasteiger partial charge in [0.25, 0.3) is 0 Å². The summed E-state index contributed by atoms with van der Waals surface area (Å²) < 4.78 is 16.9. The van der Waals surface area contributed by atoms with Gasteiger partial charge in [-0.15, -0.1) is 10.2 Å². The molecule has 1 unspecified atom stereocenters. The molecule has 7 nitrogen and oxygen atoms in total. The molecular weight excluding hydrogens is 406 g/mol. The number of rotatable bonds is 3. The van der Waals surface area contributed by atoms with Crippen molar-refractivity contribution in [3.05, 3.63) is 24.1 Å². The number of fused-ring (bicyclic) bond motifs is 1. The summed E-state index contributed by atoms with van der Waals surface area (Å²) >= 11 is 0. The Balaban J connectivity index is 1.09. The van der Waals surface area contributed by atoms with Crippen molar-refractivity contribution in [2.45, 2.75) is 57.3 Å². The Morgan fingerprint density at radius 2 is 1.75 bits per heavy atom. The molecule has 1 amide bonds. The van der Waals surface area contributed by atoms with Gasteiger partial charge in [0.05, 0.1) is 11.3 Å². The molecule has 1 saturated heterocycles. The number of nitrogens with zero attached hydrogens (tertiary/aromatic N) is 3. The second-order valence-electron chi connectivity index (χ2n) is 10.8. The second-order valence-corrected chi connectivity index (χ2v) is 10.8. The number of piperidine rings is 1. The van der Waals surface area contributed by atoms with Crippen LogP contribution in [0.1, 0.15) is 63.2 Å². The molecule has 4 aliphatic carbocycles. The first-order valence-electron chi connectivity index (χ1n) is 12.2. The van der Waals surface area contributed by atoms with Crippen molar-refractivity contribution in [1.29, 1.82) is 0 Å². The van der Waals surface area contributed by atoms with Crippen LogP contribution in [-0.4, -0.2) is 40.9 Å². The molecule has 8 rings (SSSR count). The molecule has 7 heteroatoms. The molecule has 32 heavy (non-hydrogen) atoms. The van der Waals surface area contributed by atoms with Crippen molar-refractivity contribution in [3.8, 4) is 23.0 Å². The van der Waals surface area contributed by atoms with E-state index in [0.717, 1.165) is 67.7 Å². The van der Waals surface area contributed by atoms with Gasteiger partial charge < -0.3 is 18.8 Å².